The minimum absolute atomic E-state index is 0.0483. The summed E-state index contributed by atoms with van der Waals surface area (Å²) < 4.78 is 6.22. The zero-order chi connectivity index (χ0) is 14.7. The molecule has 0 unspecified atom stereocenters. The highest BCUT2D eigenvalue weighted by molar-refractivity contribution is 9.10. The third-order valence-electron chi connectivity index (χ3n) is 2.54. The van der Waals surface area contributed by atoms with Gasteiger partial charge in [0.1, 0.15) is 17.1 Å². The molecule has 0 saturated heterocycles. The first-order valence-corrected chi connectivity index (χ1v) is 6.37. The predicted molar refractivity (Wildman–Crippen MR) is 76.1 cm³/mol. The number of rotatable bonds is 4. The number of carbonyl (C=O) groups excluding carboxylic acids is 1. The normalized spacial score (nSPS) is 10.1. The first-order chi connectivity index (χ1) is 9.47. The second kappa shape index (κ2) is 5.75. The number of halogens is 1. The van der Waals surface area contributed by atoms with Crippen LogP contribution in [-0.4, -0.2) is 17.0 Å². The molecule has 0 spiro atoms. The van der Waals surface area contributed by atoms with E-state index in [0.717, 1.165) is 0 Å². The fraction of sp³-hybridized carbons (Fsp3) is 0. The average Bonchev–Trinajstić information content (AvgIpc) is 2.39. The molecule has 0 heterocycles. The fourth-order valence-electron chi connectivity index (χ4n) is 1.57. The first-order valence-electron chi connectivity index (χ1n) is 5.58. The smallest absolute Gasteiger partial charge is 0.339 e. The number of carboxylic acids is 1. The maximum absolute atomic E-state index is 11.1. The molecular formula is C14H10BrNO4. The molecule has 20 heavy (non-hydrogen) atoms. The van der Waals surface area contributed by atoms with Gasteiger partial charge in [0.2, 0.25) is 5.91 Å². The summed E-state index contributed by atoms with van der Waals surface area (Å²) in [6, 6.07) is 10.7. The molecule has 102 valence electrons. The molecule has 1 amide bonds. The van der Waals surface area contributed by atoms with Crippen LogP contribution in [0, 0.1) is 0 Å². The van der Waals surface area contributed by atoms with Crippen molar-refractivity contribution < 1.29 is 19.4 Å². The zero-order valence-corrected chi connectivity index (χ0v) is 11.8. The highest BCUT2D eigenvalue weighted by atomic mass is 79.9. The number of benzene rings is 2. The molecule has 0 radical (unpaired) electrons. The zero-order valence-electron chi connectivity index (χ0n) is 10.2. The number of carbonyl (C=O) groups is 2. The first kappa shape index (κ1) is 14.1. The van der Waals surface area contributed by atoms with Gasteiger partial charge in [-0.1, -0.05) is 15.9 Å². The number of ether oxygens (including phenoxy) is 1. The van der Waals surface area contributed by atoms with E-state index in [-0.39, 0.29) is 11.3 Å². The Labute approximate surface area is 123 Å². The van der Waals surface area contributed by atoms with Gasteiger partial charge in [-0.15, -0.1) is 0 Å². The van der Waals surface area contributed by atoms with E-state index in [1.165, 1.54) is 18.2 Å². The topological polar surface area (TPSA) is 89.6 Å². The van der Waals surface area contributed by atoms with Crippen LogP contribution in [0.5, 0.6) is 11.5 Å². The highest BCUT2D eigenvalue weighted by Crippen LogP contribution is 2.28. The molecule has 2 rings (SSSR count). The van der Waals surface area contributed by atoms with Crippen molar-refractivity contribution in [1.29, 1.82) is 0 Å². The van der Waals surface area contributed by atoms with Gasteiger partial charge < -0.3 is 15.6 Å². The quantitative estimate of drug-likeness (QED) is 0.898. The van der Waals surface area contributed by atoms with E-state index in [1.54, 1.807) is 24.3 Å². The van der Waals surface area contributed by atoms with Gasteiger partial charge in [0.25, 0.3) is 0 Å². The van der Waals surface area contributed by atoms with E-state index < -0.39 is 11.9 Å². The van der Waals surface area contributed by atoms with Crippen molar-refractivity contribution in [2.75, 3.05) is 0 Å². The van der Waals surface area contributed by atoms with Gasteiger partial charge in [-0.2, -0.15) is 0 Å². The second-order valence-electron chi connectivity index (χ2n) is 3.94. The lowest BCUT2D eigenvalue weighted by molar-refractivity contribution is 0.0694. The van der Waals surface area contributed by atoms with Crippen LogP contribution >= 0.6 is 15.9 Å². The molecule has 0 bridgehead atoms. The summed E-state index contributed by atoms with van der Waals surface area (Å²) in [6.45, 7) is 0. The van der Waals surface area contributed by atoms with E-state index in [1.807, 2.05) is 0 Å². The van der Waals surface area contributed by atoms with Crippen LogP contribution in [-0.2, 0) is 0 Å². The molecule has 2 aromatic rings. The lowest BCUT2D eigenvalue weighted by Crippen LogP contribution is -2.10. The fourth-order valence-corrected chi connectivity index (χ4v) is 1.91. The summed E-state index contributed by atoms with van der Waals surface area (Å²) in [6.07, 6.45) is 0. The summed E-state index contributed by atoms with van der Waals surface area (Å²) in [7, 11) is 0. The van der Waals surface area contributed by atoms with Gasteiger partial charge in [0, 0.05) is 10.0 Å². The Morgan fingerprint density at radius 3 is 2.30 bits per heavy atom. The number of nitrogens with two attached hydrogens (primary N) is 1. The largest absolute Gasteiger partial charge is 0.478 e. The third kappa shape index (κ3) is 3.16. The summed E-state index contributed by atoms with van der Waals surface area (Å²) in [5.74, 6) is -0.999. The number of carboxylic acid groups (broad SMARTS) is 1. The van der Waals surface area contributed by atoms with Gasteiger partial charge in [0.05, 0.1) is 0 Å². The van der Waals surface area contributed by atoms with Crippen molar-refractivity contribution in [3.8, 4) is 11.5 Å². The van der Waals surface area contributed by atoms with Crippen LogP contribution < -0.4 is 10.5 Å². The van der Waals surface area contributed by atoms with Crippen molar-refractivity contribution in [3.05, 3.63) is 58.1 Å². The van der Waals surface area contributed by atoms with Crippen molar-refractivity contribution >= 4 is 27.8 Å². The van der Waals surface area contributed by atoms with Crippen LogP contribution in [0.4, 0.5) is 0 Å². The lowest BCUT2D eigenvalue weighted by atomic mass is 10.2. The van der Waals surface area contributed by atoms with Gasteiger partial charge in [-0.3, -0.25) is 4.79 Å². The van der Waals surface area contributed by atoms with Crippen LogP contribution in [0.3, 0.4) is 0 Å². The Bertz CT molecular complexity index is 667. The van der Waals surface area contributed by atoms with Crippen LogP contribution in [0.15, 0.2) is 46.9 Å². The maximum atomic E-state index is 11.1. The van der Waals surface area contributed by atoms with Crippen molar-refractivity contribution in [2.45, 2.75) is 0 Å². The molecular weight excluding hydrogens is 326 g/mol. The second-order valence-corrected chi connectivity index (χ2v) is 4.85. The van der Waals surface area contributed by atoms with E-state index in [4.69, 9.17) is 15.6 Å². The molecule has 0 saturated carbocycles. The van der Waals surface area contributed by atoms with Crippen LogP contribution in [0.25, 0.3) is 0 Å². The predicted octanol–water partition coefficient (Wildman–Crippen LogP) is 3.04. The molecule has 0 atom stereocenters. The van der Waals surface area contributed by atoms with Crippen LogP contribution in [0.1, 0.15) is 20.7 Å². The minimum atomic E-state index is -1.08. The molecule has 6 heteroatoms. The summed E-state index contributed by atoms with van der Waals surface area (Å²) in [4.78, 5) is 22.1. The van der Waals surface area contributed by atoms with Gasteiger partial charge >= 0.3 is 5.97 Å². The summed E-state index contributed by atoms with van der Waals surface area (Å²) in [5, 5.41) is 9.09. The Kier molecular flexibility index (Phi) is 4.05. The number of hydrogen-bond donors (Lipinski definition) is 2. The lowest BCUT2D eigenvalue weighted by Gasteiger charge is -2.09. The summed E-state index contributed by atoms with van der Waals surface area (Å²) in [5.41, 5.74) is 5.54. The van der Waals surface area contributed by atoms with Gasteiger partial charge in [-0.25, -0.2) is 4.79 Å². The molecule has 0 aliphatic carbocycles. The number of hydrogen-bond acceptors (Lipinski definition) is 3. The monoisotopic (exact) mass is 335 g/mol. The third-order valence-corrected chi connectivity index (χ3v) is 3.03. The molecule has 2 aromatic carbocycles. The molecule has 0 aliphatic heterocycles. The highest BCUT2D eigenvalue weighted by Gasteiger charge is 2.12. The van der Waals surface area contributed by atoms with Gasteiger partial charge in [0.15, 0.2) is 0 Å². The van der Waals surface area contributed by atoms with Crippen molar-refractivity contribution in [2.24, 2.45) is 5.73 Å². The molecule has 0 fully saturated rings. The van der Waals surface area contributed by atoms with Crippen LogP contribution in [0.2, 0.25) is 0 Å². The number of amides is 1. The molecule has 0 aromatic heterocycles. The number of primary amides is 1. The average molecular weight is 336 g/mol. The molecule has 0 aliphatic rings. The van der Waals surface area contributed by atoms with E-state index >= 15 is 0 Å². The standard InChI is InChI=1S/C14H10BrNO4/c15-9-3-6-11(14(18)19)12(7-9)20-10-4-1-8(2-5-10)13(16)17/h1-7H,(H2,16,17)(H,18,19). The maximum Gasteiger partial charge on any atom is 0.339 e. The SMILES string of the molecule is NC(=O)c1ccc(Oc2cc(Br)ccc2C(=O)O)cc1. The molecule has 5 nitrogen and oxygen atoms in total. The molecule has 3 N–H and O–H groups in total. The van der Waals surface area contributed by atoms with Crippen molar-refractivity contribution in [3.63, 3.8) is 0 Å². The minimum Gasteiger partial charge on any atom is -0.478 e. The number of aromatic carboxylic acids is 1. The Hall–Kier alpha value is -2.34. The van der Waals surface area contributed by atoms with Crippen molar-refractivity contribution in [1.82, 2.24) is 0 Å². The Morgan fingerprint density at radius 1 is 1.10 bits per heavy atom. The Morgan fingerprint density at radius 2 is 1.75 bits per heavy atom. The van der Waals surface area contributed by atoms with E-state index in [0.29, 0.717) is 15.8 Å². The van der Waals surface area contributed by atoms with E-state index in [9.17, 15) is 9.59 Å². The Balaban J connectivity index is 2.31. The summed E-state index contributed by atoms with van der Waals surface area (Å²) >= 11 is 3.26. The van der Waals surface area contributed by atoms with Gasteiger partial charge in [-0.05, 0) is 42.5 Å². The van der Waals surface area contributed by atoms with E-state index in [2.05, 4.69) is 15.9 Å².